The fourth-order valence-corrected chi connectivity index (χ4v) is 0.829. The Kier molecular flexibility index (Phi) is 4.87. The Morgan fingerprint density at radius 1 is 1.69 bits per heavy atom. The van der Waals surface area contributed by atoms with Crippen molar-refractivity contribution in [2.24, 2.45) is 5.41 Å². The second-order valence-corrected chi connectivity index (χ2v) is 4.07. The molecular weight excluding hydrogens is 186 g/mol. The molecule has 0 aliphatic rings. The first kappa shape index (κ1) is 12.3. The van der Waals surface area contributed by atoms with Crippen LogP contribution in [0.2, 0.25) is 0 Å². The third-order valence-corrected chi connectivity index (χ3v) is 2.42. The highest BCUT2D eigenvalue weighted by Gasteiger charge is 2.26. The fourth-order valence-electron chi connectivity index (χ4n) is 0.708. The third kappa shape index (κ3) is 4.19. The summed E-state index contributed by atoms with van der Waals surface area (Å²) >= 11 is 5.65. The van der Waals surface area contributed by atoms with Gasteiger partial charge in [0.1, 0.15) is 0 Å². The third-order valence-electron chi connectivity index (χ3n) is 1.75. The molecule has 0 radical (unpaired) electrons. The molecule has 0 bridgehead atoms. The molecule has 0 aromatic rings. The van der Waals surface area contributed by atoms with Crippen LogP contribution in [0.3, 0.4) is 0 Å². The maximum atomic E-state index is 11.5. The Hall–Kier alpha value is -0.680. The standard InChI is InChI=1S/C10H16ClNO/c1-5-6-8(2)12-9(13)10(3,4)7-11/h1,8H,6-7H2,2-4H3,(H,12,13). The van der Waals surface area contributed by atoms with Crippen LogP contribution in [0.5, 0.6) is 0 Å². The highest BCUT2D eigenvalue weighted by atomic mass is 35.5. The maximum Gasteiger partial charge on any atom is 0.227 e. The van der Waals surface area contributed by atoms with Gasteiger partial charge in [0.2, 0.25) is 5.91 Å². The van der Waals surface area contributed by atoms with E-state index in [2.05, 4.69) is 11.2 Å². The first-order valence-electron chi connectivity index (χ1n) is 4.24. The quantitative estimate of drug-likeness (QED) is 0.545. The van der Waals surface area contributed by atoms with Crippen LogP contribution >= 0.6 is 11.6 Å². The number of alkyl halides is 1. The van der Waals surface area contributed by atoms with Gasteiger partial charge >= 0.3 is 0 Å². The van der Waals surface area contributed by atoms with Crippen LogP contribution < -0.4 is 5.32 Å². The second kappa shape index (κ2) is 5.14. The highest BCUT2D eigenvalue weighted by molar-refractivity contribution is 6.19. The molecule has 0 aliphatic heterocycles. The van der Waals surface area contributed by atoms with Crippen LogP contribution in [0, 0.1) is 17.8 Å². The largest absolute Gasteiger partial charge is 0.352 e. The molecule has 0 rings (SSSR count). The molecule has 1 unspecified atom stereocenters. The van der Waals surface area contributed by atoms with Crippen molar-refractivity contribution >= 4 is 17.5 Å². The topological polar surface area (TPSA) is 29.1 Å². The number of carbonyl (C=O) groups is 1. The van der Waals surface area contributed by atoms with Gasteiger partial charge in [-0.2, -0.15) is 0 Å². The van der Waals surface area contributed by atoms with Crippen molar-refractivity contribution in [2.75, 3.05) is 5.88 Å². The van der Waals surface area contributed by atoms with Crippen molar-refractivity contribution in [3.8, 4) is 12.3 Å². The van der Waals surface area contributed by atoms with Crippen molar-refractivity contribution in [3.05, 3.63) is 0 Å². The van der Waals surface area contributed by atoms with E-state index in [-0.39, 0.29) is 11.9 Å². The van der Waals surface area contributed by atoms with Gasteiger partial charge in [-0.1, -0.05) is 0 Å². The van der Waals surface area contributed by atoms with Crippen LogP contribution in [0.1, 0.15) is 27.2 Å². The average Bonchev–Trinajstić information content (AvgIpc) is 2.04. The van der Waals surface area contributed by atoms with Gasteiger partial charge in [-0.25, -0.2) is 0 Å². The molecular formula is C10H16ClNO. The second-order valence-electron chi connectivity index (χ2n) is 3.80. The van der Waals surface area contributed by atoms with E-state index in [0.29, 0.717) is 12.3 Å². The molecule has 1 N–H and O–H groups in total. The molecule has 0 aliphatic carbocycles. The van der Waals surface area contributed by atoms with E-state index in [1.165, 1.54) is 0 Å². The summed E-state index contributed by atoms with van der Waals surface area (Å²) in [6.07, 6.45) is 5.67. The van der Waals surface area contributed by atoms with Crippen LogP contribution in [-0.4, -0.2) is 17.8 Å². The summed E-state index contributed by atoms with van der Waals surface area (Å²) in [5, 5.41) is 2.81. The van der Waals surface area contributed by atoms with Gasteiger partial charge in [0, 0.05) is 18.3 Å². The van der Waals surface area contributed by atoms with Crippen molar-refractivity contribution in [2.45, 2.75) is 33.2 Å². The number of hydrogen-bond acceptors (Lipinski definition) is 1. The van der Waals surface area contributed by atoms with E-state index in [0.717, 1.165) is 0 Å². The Bertz CT molecular complexity index is 217. The monoisotopic (exact) mass is 201 g/mol. The van der Waals surface area contributed by atoms with E-state index < -0.39 is 5.41 Å². The number of nitrogens with one attached hydrogen (secondary N) is 1. The molecule has 0 aromatic carbocycles. The lowest BCUT2D eigenvalue weighted by molar-refractivity contribution is -0.128. The van der Waals surface area contributed by atoms with Crippen LogP contribution in [0.25, 0.3) is 0 Å². The van der Waals surface area contributed by atoms with E-state index in [1.54, 1.807) is 13.8 Å². The lowest BCUT2D eigenvalue weighted by Crippen LogP contribution is -2.42. The zero-order valence-electron chi connectivity index (χ0n) is 8.36. The molecule has 1 amide bonds. The van der Waals surface area contributed by atoms with Gasteiger partial charge in [-0.3, -0.25) is 4.79 Å². The minimum Gasteiger partial charge on any atom is -0.352 e. The van der Waals surface area contributed by atoms with E-state index in [4.69, 9.17) is 18.0 Å². The van der Waals surface area contributed by atoms with Crippen molar-refractivity contribution in [3.63, 3.8) is 0 Å². The van der Waals surface area contributed by atoms with Crippen molar-refractivity contribution in [1.29, 1.82) is 0 Å². The molecule has 0 heterocycles. The molecule has 0 saturated carbocycles. The number of carbonyl (C=O) groups excluding carboxylic acids is 1. The number of amides is 1. The van der Waals surface area contributed by atoms with E-state index in [1.807, 2.05) is 6.92 Å². The van der Waals surface area contributed by atoms with Crippen LogP contribution in [0.4, 0.5) is 0 Å². The lowest BCUT2D eigenvalue weighted by Gasteiger charge is -2.22. The zero-order valence-corrected chi connectivity index (χ0v) is 9.11. The average molecular weight is 202 g/mol. The van der Waals surface area contributed by atoms with Gasteiger partial charge in [0.15, 0.2) is 0 Å². The van der Waals surface area contributed by atoms with Gasteiger partial charge in [0.25, 0.3) is 0 Å². The lowest BCUT2D eigenvalue weighted by atomic mass is 9.95. The number of hydrogen-bond donors (Lipinski definition) is 1. The number of halogens is 1. The van der Waals surface area contributed by atoms with Gasteiger partial charge in [0.05, 0.1) is 5.41 Å². The Morgan fingerprint density at radius 3 is 2.62 bits per heavy atom. The van der Waals surface area contributed by atoms with Crippen molar-refractivity contribution in [1.82, 2.24) is 5.32 Å². The van der Waals surface area contributed by atoms with Crippen molar-refractivity contribution < 1.29 is 4.79 Å². The van der Waals surface area contributed by atoms with Crippen LogP contribution in [-0.2, 0) is 4.79 Å². The maximum absolute atomic E-state index is 11.5. The summed E-state index contributed by atoms with van der Waals surface area (Å²) in [7, 11) is 0. The Morgan fingerprint density at radius 2 is 2.23 bits per heavy atom. The normalized spacial score (nSPS) is 13.2. The molecule has 1 atom stereocenters. The number of rotatable bonds is 4. The summed E-state index contributed by atoms with van der Waals surface area (Å²) in [6, 6.07) is 0.0139. The van der Waals surface area contributed by atoms with Gasteiger partial charge < -0.3 is 5.32 Å². The Labute approximate surface area is 85.0 Å². The predicted octanol–water partition coefficient (Wildman–Crippen LogP) is 1.78. The fraction of sp³-hybridized carbons (Fsp3) is 0.700. The van der Waals surface area contributed by atoms with E-state index in [9.17, 15) is 4.79 Å². The molecule has 0 saturated heterocycles. The summed E-state index contributed by atoms with van der Waals surface area (Å²) in [6.45, 7) is 5.48. The molecule has 2 nitrogen and oxygen atoms in total. The van der Waals surface area contributed by atoms with Crippen LogP contribution in [0.15, 0.2) is 0 Å². The smallest absolute Gasteiger partial charge is 0.227 e. The summed E-state index contributed by atoms with van der Waals surface area (Å²) in [5.41, 5.74) is -0.523. The minimum atomic E-state index is -0.523. The molecule has 13 heavy (non-hydrogen) atoms. The zero-order chi connectivity index (χ0) is 10.5. The summed E-state index contributed by atoms with van der Waals surface area (Å²) < 4.78 is 0. The Balaban J connectivity index is 4.09. The molecule has 3 heteroatoms. The molecule has 0 spiro atoms. The van der Waals surface area contributed by atoms with E-state index >= 15 is 0 Å². The van der Waals surface area contributed by atoms with Gasteiger partial charge in [-0.15, -0.1) is 23.9 Å². The molecule has 0 fully saturated rings. The summed E-state index contributed by atoms with van der Waals surface area (Å²) in [4.78, 5) is 11.5. The first-order valence-corrected chi connectivity index (χ1v) is 4.78. The minimum absolute atomic E-state index is 0.0139. The summed E-state index contributed by atoms with van der Waals surface area (Å²) in [5.74, 6) is 2.75. The van der Waals surface area contributed by atoms with Gasteiger partial charge in [-0.05, 0) is 20.8 Å². The molecule has 74 valence electrons. The number of terminal acetylenes is 1. The first-order chi connectivity index (χ1) is 5.94. The highest BCUT2D eigenvalue weighted by Crippen LogP contribution is 2.17. The SMILES string of the molecule is C#CCC(C)NC(=O)C(C)(C)CCl. The predicted molar refractivity (Wildman–Crippen MR) is 55.6 cm³/mol. The molecule has 0 aromatic heterocycles.